The van der Waals surface area contributed by atoms with E-state index in [2.05, 4.69) is 53.3 Å². The molecule has 1 aliphatic carbocycles. The van der Waals surface area contributed by atoms with Crippen molar-refractivity contribution in [1.82, 2.24) is 19.7 Å². The number of benzene rings is 2. The molecule has 5 atom stereocenters. The zero-order chi connectivity index (χ0) is 35.7. The van der Waals surface area contributed by atoms with Crippen LogP contribution in [0.2, 0.25) is 5.02 Å². The van der Waals surface area contributed by atoms with E-state index in [1.807, 2.05) is 25.1 Å². The SMILES string of the molecule is CO[C@H]1/C=C/C[C@H](C)CS(=O)(Nc2nc(=O)[nH]c3nn(C)cc23)=NC(=O)c2ccc3c(c2)N(Cc2ccc(Cl)cc2CCCCO3)C[C@@H]2CC[C@H]21. The molecule has 4 heterocycles. The maximum Gasteiger partial charge on any atom is 0.348 e. The minimum absolute atomic E-state index is 0.0303. The van der Waals surface area contributed by atoms with Crippen LogP contribution in [-0.4, -0.2) is 62.0 Å². The first kappa shape index (κ1) is 35.2. The summed E-state index contributed by atoms with van der Waals surface area (Å²) in [6.45, 7) is 3.82. The quantitative estimate of drug-likeness (QED) is 0.234. The summed E-state index contributed by atoms with van der Waals surface area (Å²) in [7, 11) is -0.0364. The number of fused-ring (bicyclic) bond motifs is 4. The Morgan fingerprint density at radius 3 is 2.78 bits per heavy atom. The highest BCUT2D eigenvalue weighted by Gasteiger charge is 2.38. The smallest absolute Gasteiger partial charge is 0.348 e. The van der Waals surface area contributed by atoms with E-state index in [9.17, 15) is 13.8 Å². The third kappa shape index (κ3) is 7.85. The van der Waals surface area contributed by atoms with Gasteiger partial charge >= 0.3 is 5.69 Å². The van der Waals surface area contributed by atoms with Crippen LogP contribution in [0.15, 0.2) is 63.9 Å². The van der Waals surface area contributed by atoms with Gasteiger partial charge in [-0.05, 0) is 97.7 Å². The van der Waals surface area contributed by atoms with Crippen LogP contribution in [-0.2, 0) is 34.7 Å². The number of hydrogen-bond donors (Lipinski definition) is 2. The second-order valence-corrected chi connectivity index (χ2v) is 16.5. The number of nitrogens with one attached hydrogen (secondary N) is 2. The second kappa shape index (κ2) is 14.8. The van der Waals surface area contributed by atoms with Gasteiger partial charge in [0.1, 0.15) is 15.7 Å². The van der Waals surface area contributed by atoms with Crippen LogP contribution in [0.5, 0.6) is 5.75 Å². The van der Waals surface area contributed by atoms with Crippen molar-refractivity contribution in [3.63, 3.8) is 0 Å². The van der Waals surface area contributed by atoms with Gasteiger partial charge in [0.05, 0.1) is 29.5 Å². The first-order chi connectivity index (χ1) is 24.6. The normalized spacial score (nSPS) is 26.4. The summed E-state index contributed by atoms with van der Waals surface area (Å²) in [6.07, 6.45) is 11.2. The van der Waals surface area contributed by atoms with E-state index in [0.29, 0.717) is 47.6 Å². The maximum absolute atomic E-state index is 14.8. The average Bonchev–Trinajstić information content (AvgIpc) is 3.44. The molecule has 0 spiro atoms. The largest absolute Gasteiger partial charge is 0.491 e. The van der Waals surface area contributed by atoms with E-state index < -0.39 is 21.5 Å². The number of rotatable bonds is 3. The van der Waals surface area contributed by atoms with Crippen molar-refractivity contribution >= 4 is 50.0 Å². The maximum atomic E-state index is 14.8. The fraction of sp³-hybridized carbons (Fsp3) is 0.459. The number of carbonyl (C=O) groups is 1. The highest BCUT2D eigenvalue weighted by Crippen LogP contribution is 2.42. The Hall–Kier alpha value is -4.20. The molecule has 51 heavy (non-hydrogen) atoms. The summed E-state index contributed by atoms with van der Waals surface area (Å²) in [6, 6.07) is 11.4. The van der Waals surface area contributed by atoms with Gasteiger partial charge in [0.25, 0.3) is 5.91 Å². The van der Waals surface area contributed by atoms with Crippen LogP contribution in [0.4, 0.5) is 11.5 Å². The third-order valence-electron chi connectivity index (χ3n) is 10.2. The number of ether oxygens (including phenoxy) is 2. The van der Waals surface area contributed by atoms with Crippen LogP contribution < -0.4 is 20.0 Å². The molecule has 1 amide bonds. The number of aryl methyl sites for hydroxylation is 2. The van der Waals surface area contributed by atoms with Crippen LogP contribution in [0.25, 0.3) is 11.0 Å². The van der Waals surface area contributed by atoms with Crippen molar-refractivity contribution in [2.24, 2.45) is 29.2 Å². The zero-order valence-electron chi connectivity index (χ0n) is 29.1. The number of allylic oxidation sites excluding steroid dienone is 1. The number of anilines is 2. The first-order valence-corrected chi connectivity index (χ1v) is 19.6. The van der Waals surface area contributed by atoms with E-state index in [1.165, 1.54) is 15.8 Å². The van der Waals surface area contributed by atoms with E-state index in [1.54, 1.807) is 26.4 Å². The van der Waals surface area contributed by atoms with Crippen molar-refractivity contribution in [3.05, 3.63) is 86.9 Å². The number of halogens is 1. The number of H-pyrrole nitrogens is 1. The standard InChI is InChI=1S/C37H44ClN7O5S/c1-23-7-6-9-32(49-3)29-14-11-27(29)20-45-19-26-10-13-28(38)17-24(26)8-4-5-16-50-33-15-12-25(18-31(33)45)36(46)43-51(48,22-23)42-35-30-21-44(2)41-34(30)39-37(47)40-35/h6,9-10,12-13,15,17-18,21,23,27,29,32H,4-5,7-8,11,14,16,19-20,22H2,1-3H3,(H2,39,40,41,42,43,46,47,48)/b9-6+/t23-,27-,29+,32-,51?/m0/s1. The molecule has 2 bridgehead atoms. The molecule has 2 aromatic heterocycles. The number of amides is 1. The summed E-state index contributed by atoms with van der Waals surface area (Å²) in [5.74, 6) is 0.659. The van der Waals surface area contributed by atoms with Gasteiger partial charge in [0, 0.05) is 44.0 Å². The van der Waals surface area contributed by atoms with Crippen molar-refractivity contribution in [2.75, 3.05) is 35.6 Å². The molecule has 7 rings (SSSR count). The molecule has 0 radical (unpaired) electrons. The van der Waals surface area contributed by atoms with Crippen LogP contribution in [0.3, 0.4) is 0 Å². The lowest BCUT2D eigenvalue weighted by molar-refractivity contribution is 0.0133. The van der Waals surface area contributed by atoms with Crippen LogP contribution >= 0.6 is 11.6 Å². The Kier molecular flexibility index (Phi) is 10.2. The molecule has 1 saturated carbocycles. The Labute approximate surface area is 302 Å². The number of nitrogens with zero attached hydrogens (tertiary/aromatic N) is 5. The molecule has 1 unspecified atom stereocenters. The van der Waals surface area contributed by atoms with Crippen molar-refractivity contribution in [3.8, 4) is 5.75 Å². The summed E-state index contributed by atoms with van der Waals surface area (Å²) in [5, 5.41) is 5.44. The van der Waals surface area contributed by atoms with E-state index >= 15 is 0 Å². The lowest BCUT2D eigenvalue weighted by Gasteiger charge is -2.43. The molecule has 270 valence electrons. The summed E-state index contributed by atoms with van der Waals surface area (Å²) in [5.41, 5.74) is 3.08. The fourth-order valence-corrected chi connectivity index (χ4v) is 9.59. The lowest BCUT2D eigenvalue weighted by atomic mass is 9.70. The van der Waals surface area contributed by atoms with Gasteiger partial charge < -0.3 is 14.4 Å². The van der Waals surface area contributed by atoms with Gasteiger partial charge in [-0.25, -0.2) is 9.00 Å². The Morgan fingerprint density at radius 1 is 1.12 bits per heavy atom. The van der Waals surface area contributed by atoms with Gasteiger partial charge in [0.2, 0.25) is 0 Å². The van der Waals surface area contributed by atoms with Gasteiger partial charge in [-0.3, -0.25) is 19.2 Å². The van der Waals surface area contributed by atoms with E-state index in [0.717, 1.165) is 44.3 Å². The topological polar surface area (TPSA) is 144 Å². The number of aromatic amines is 1. The molecule has 0 saturated heterocycles. The molecule has 4 aromatic rings. The molecule has 2 aliphatic heterocycles. The number of hydrogen-bond acceptors (Lipinski definition) is 8. The van der Waals surface area contributed by atoms with Gasteiger partial charge in [-0.2, -0.15) is 10.1 Å². The number of carbonyl (C=O) groups excluding carboxylic acids is 1. The van der Waals surface area contributed by atoms with Gasteiger partial charge in [0.15, 0.2) is 11.5 Å². The van der Waals surface area contributed by atoms with Crippen molar-refractivity contribution in [1.29, 1.82) is 0 Å². The molecule has 2 aromatic carbocycles. The highest BCUT2D eigenvalue weighted by molar-refractivity contribution is 7.95. The van der Waals surface area contributed by atoms with E-state index in [4.69, 9.17) is 21.1 Å². The monoisotopic (exact) mass is 733 g/mol. The first-order valence-electron chi connectivity index (χ1n) is 17.6. The minimum Gasteiger partial charge on any atom is -0.491 e. The molecule has 12 nitrogen and oxygen atoms in total. The van der Waals surface area contributed by atoms with Crippen LogP contribution in [0, 0.1) is 17.8 Å². The zero-order valence-corrected chi connectivity index (χ0v) is 30.7. The van der Waals surface area contributed by atoms with Crippen LogP contribution in [0.1, 0.15) is 60.5 Å². The molecular weight excluding hydrogens is 690 g/mol. The number of methoxy groups -OCH3 is 1. The molecule has 3 aliphatic rings. The summed E-state index contributed by atoms with van der Waals surface area (Å²) in [4.78, 5) is 35.6. The average molecular weight is 734 g/mol. The predicted octanol–water partition coefficient (Wildman–Crippen LogP) is 6.30. The second-order valence-electron chi connectivity index (χ2n) is 14.0. The van der Waals surface area contributed by atoms with Gasteiger partial charge in [-0.15, -0.1) is 4.36 Å². The molecule has 2 N–H and O–H groups in total. The Bertz CT molecular complexity index is 2160. The molecule has 1 fully saturated rings. The molecule has 14 heteroatoms. The van der Waals surface area contributed by atoms with Crippen molar-refractivity contribution < 1.29 is 18.5 Å². The summed E-state index contributed by atoms with van der Waals surface area (Å²) < 4.78 is 36.1. The molecular formula is C37H44ClN7O5S. The minimum atomic E-state index is -3.50. The number of aromatic nitrogens is 4. The van der Waals surface area contributed by atoms with E-state index in [-0.39, 0.29) is 34.8 Å². The summed E-state index contributed by atoms with van der Waals surface area (Å²) >= 11 is 6.47. The Balaban J connectivity index is 1.35. The van der Waals surface area contributed by atoms with Crippen molar-refractivity contribution in [2.45, 2.75) is 58.1 Å². The lowest BCUT2D eigenvalue weighted by Crippen LogP contribution is -2.43. The Morgan fingerprint density at radius 2 is 1.98 bits per heavy atom. The van der Waals surface area contributed by atoms with Gasteiger partial charge in [-0.1, -0.05) is 36.7 Å². The predicted molar refractivity (Wildman–Crippen MR) is 200 cm³/mol. The fourth-order valence-electron chi connectivity index (χ4n) is 7.45. The third-order valence-corrected chi connectivity index (χ3v) is 12.4. The highest BCUT2D eigenvalue weighted by atomic mass is 35.5.